The molecule has 1 heterocycles. The van der Waals surface area contributed by atoms with E-state index in [2.05, 4.69) is 25.9 Å². The number of carbonyl (C=O) groups is 1. The van der Waals surface area contributed by atoms with Crippen LogP contribution in [0, 0.1) is 5.82 Å². The van der Waals surface area contributed by atoms with Crippen LogP contribution in [0.2, 0.25) is 0 Å². The van der Waals surface area contributed by atoms with Crippen LogP contribution in [0.5, 0.6) is 0 Å². The number of nitrogens with zero attached hydrogens (tertiary/aromatic N) is 2. The third-order valence-electron chi connectivity index (χ3n) is 2.90. The molecule has 0 radical (unpaired) electrons. The summed E-state index contributed by atoms with van der Waals surface area (Å²) < 4.78 is 14.4. The molecule has 98 valence electrons. The van der Waals surface area contributed by atoms with Gasteiger partial charge >= 0.3 is 0 Å². The van der Waals surface area contributed by atoms with Crippen molar-refractivity contribution in [3.05, 3.63) is 70.2 Å². The first kappa shape index (κ1) is 12.9. The average Bonchev–Trinajstić information content (AvgIpc) is 2.48. The normalized spacial score (nSPS) is 10.7. The second-order valence-corrected chi connectivity index (χ2v) is 5.13. The quantitative estimate of drug-likeness (QED) is 0.672. The average molecular weight is 331 g/mol. The Morgan fingerprint density at radius 3 is 2.55 bits per heavy atom. The van der Waals surface area contributed by atoms with Crippen molar-refractivity contribution in [2.24, 2.45) is 0 Å². The number of halogens is 2. The van der Waals surface area contributed by atoms with E-state index in [4.69, 9.17) is 0 Å². The predicted molar refractivity (Wildman–Crippen MR) is 77.1 cm³/mol. The molecule has 3 nitrogen and oxygen atoms in total. The molecule has 0 amide bonds. The van der Waals surface area contributed by atoms with Crippen LogP contribution >= 0.6 is 15.9 Å². The lowest BCUT2D eigenvalue weighted by atomic mass is 10.0. The molecule has 0 aliphatic heterocycles. The second-order valence-electron chi connectivity index (χ2n) is 4.21. The van der Waals surface area contributed by atoms with Gasteiger partial charge in [-0.3, -0.25) is 14.8 Å². The van der Waals surface area contributed by atoms with Crippen LogP contribution in [0.1, 0.15) is 15.9 Å². The molecule has 1 aromatic heterocycles. The summed E-state index contributed by atoms with van der Waals surface area (Å²) in [6.07, 6.45) is 3.13. The molecule has 0 bridgehead atoms. The molecule has 0 saturated heterocycles. The molecule has 0 fully saturated rings. The van der Waals surface area contributed by atoms with Gasteiger partial charge in [-0.1, -0.05) is 15.9 Å². The highest BCUT2D eigenvalue weighted by atomic mass is 79.9. The summed E-state index contributed by atoms with van der Waals surface area (Å²) in [4.78, 5) is 20.6. The Kier molecular flexibility index (Phi) is 3.28. The number of hydrogen-bond acceptors (Lipinski definition) is 3. The molecular weight excluding hydrogens is 323 g/mol. The van der Waals surface area contributed by atoms with Crippen LogP contribution in [-0.2, 0) is 0 Å². The molecule has 0 spiro atoms. The van der Waals surface area contributed by atoms with Crippen molar-refractivity contribution in [1.29, 1.82) is 0 Å². The van der Waals surface area contributed by atoms with Gasteiger partial charge in [0.05, 0.1) is 16.6 Å². The van der Waals surface area contributed by atoms with Crippen molar-refractivity contribution in [3.8, 4) is 0 Å². The largest absolute Gasteiger partial charge is 0.288 e. The maximum absolute atomic E-state index is 13.7. The van der Waals surface area contributed by atoms with Gasteiger partial charge in [0.25, 0.3) is 0 Å². The Labute approximate surface area is 122 Å². The molecule has 3 aromatic rings. The van der Waals surface area contributed by atoms with Crippen LogP contribution in [0.4, 0.5) is 4.39 Å². The smallest absolute Gasteiger partial charge is 0.196 e. The standard InChI is InChI=1S/C15H8BrFN2O/c16-10-2-3-12(17)11(8-10)15(20)9-1-4-13-14(7-9)19-6-5-18-13/h1-8H. The van der Waals surface area contributed by atoms with E-state index in [9.17, 15) is 9.18 Å². The number of aromatic nitrogens is 2. The summed E-state index contributed by atoms with van der Waals surface area (Å²) in [6, 6.07) is 9.23. The van der Waals surface area contributed by atoms with E-state index in [1.807, 2.05) is 0 Å². The highest BCUT2D eigenvalue weighted by Gasteiger charge is 2.15. The zero-order valence-corrected chi connectivity index (χ0v) is 11.8. The molecular formula is C15H8BrFN2O. The van der Waals surface area contributed by atoms with Crippen molar-refractivity contribution >= 4 is 32.7 Å². The first-order valence-corrected chi connectivity index (χ1v) is 6.65. The fourth-order valence-electron chi connectivity index (χ4n) is 1.93. The van der Waals surface area contributed by atoms with Crippen LogP contribution in [-0.4, -0.2) is 15.8 Å². The van der Waals surface area contributed by atoms with Gasteiger partial charge < -0.3 is 0 Å². The Balaban J connectivity index is 2.10. The monoisotopic (exact) mass is 330 g/mol. The molecule has 0 aliphatic rings. The zero-order valence-electron chi connectivity index (χ0n) is 10.2. The van der Waals surface area contributed by atoms with Gasteiger partial charge in [0.2, 0.25) is 0 Å². The van der Waals surface area contributed by atoms with Crippen LogP contribution in [0.15, 0.2) is 53.3 Å². The fourth-order valence-corrected chi connectivity index (χ4v) is 2.29. The molecule has 5 heteroatoms. The molecule has 0 atom stereocenters. The molecule has 0 saturated carbocycles. The Morgan fingerprint density at radius 2 is 1.75 bits per heavy atom. The maximum Gasteiger partial charge on any atom is 0.196 e. The number of carbonyl (C=O) groups excluding carboxylic acids is 1. The lowest BCUT2D eigenvalue weighted by Gasteiger charge is -2.04. The van der Waals surface area contributed by atoms with Crippen molar-refractivity contribution in [2.75, 3.05) is 0 Å². The van der Waals surface area contributed by atoms with Crippen molar-refractivity contribution < 1.29 is 9.18 Å². The van der Waals surface area contributed by atoms with Gasteiger partial charge in [-0.15, -0.1) is 0 Å². The maximum atomic E-state index is 13.7. The predicted octanol–water partition coefficient (Wildman–Crippen LogP) is 3.76. The van der Waals surface area contributed by atoms with E-state index in [-0.39, 0.29) is 11.3 Å². The molecule has 3 rings (SSSR count). The Bertz CT molecular complexity index is 820. The number of benzene rings is 2. The number of ketones is 1. The summed E-state index contributed by atoms with van der Waals surface area (Å²) in [7, 11) is 0. The van der Waals surface area contributed by atoms with Crippen molar-refractivity contribution in [1.82, 2.24) is 9.97 Å². The minimum atomic E-state index is -0.544. The summed E-state index contributed by atoms with van der Waals surface area (Å²) in [5, 5.41) is 0. The number of rotatable bonds is 2. The van der Waals surface area contributed by atoms with Crippen molar-refractivity contribution in [3.63, 3.8) is 0 Å². The van der Waals surface area contributed by atoms with E-state index >= 15 is 0 Å². The van der Waals surface area contributed by atoms with Crippen LogP contribution in [0.25, 0.3) is 11.0 Å². The minimum absolute atomic E-state index is 0.0302. The third-order valence-corrected chi connectivity index (χ3v) is 3.40. The topological polar surface area (TPSA) is 42.9 Å². The first-order chi connectivity index (χ1) is 9.65. The van der Waals surface area contributed by atoms with Gasteiger partial charge in [-0.2, -0.15) is 0 Å². The lowest BCUT2D eigenvalue weighted by Crippen LogP contribution is -2.04. The zero-order chi connectivity index (χ0) is 14.1. The number of hydrogen-bond donors (Lipinski definition) is 0. The summed E-state index contributed by atoms with van der Waals surface area (Å²) in [6.45, 7) is 0. The van der Waals surface area contributed by atoms with E-state index in [0.29, 0.717) is 21.1 Å². The fraction of sp³-hybridized carbons (Fsp3) is 0. The van der Waals surface area contributed by atoms with E-state index in [1.165, 1.54) is 12.1 Å². The van der Waals surface area contributed by atoms with E-state index < -0.39 is 5.82 Å². The van der Waals surface area contributed by atoms with Gasteiger partial charge in [-0.25, -0.2) is 4.39 Å². The highest BCUT2D eigenvalue weighted by molar-refractivity contribution is 9.10. The third kappa shape index (κ3) is 2.32. The van der Waals surface area contributed by atoms with E-state index in [0.717, 1.165) is 0 Å². The Morgan fingerprint density at radius 1 is 1.00 bits per heavy atom. The summed E-state index contributed by atoms with van der Waals surface area (Å²) in [5.74, 6) is -0.922. The van der Waals surface area contributed by atoms with Gasteiger partial charge in [0.15, 0.2) is 5.78 Å². The Hall–Kier alpha value is -2.14. The van der Waals surface area contributed by atoms with Gasteiger partial charge in [-0.05, 0) is 36.4 Å². The number of fused-ring (bicyclic) bond motifs is 1. The molecule has 0 unspecified atom stereocenters. The lowest BCUT2D eigenvalue weighted by molar-refractivity contribution is 0.103. The highest BCUT2D eigenvalue weighted by Crippen LogP contribution is 2.20. The van der Waals surface area contributed by atoms with Crippen LogP contribution < -0.4 is 0 Å². The van der Waals surface area contributed by atoms with Gasteiger partial charge in [0.1, 0.15) is 5.82 Å². The SMILES string of the molecule is O=C(c1ccc2nccnc2c1)c1cc(Br)ccc1F. The molecule has 0 aliphatic carbocycles. The first-order valence-electron chi connectivity index (χ1n) is 5.86. The van der Waals surface area contributed by atoms with Gasteiger partial charge in [0, 0.05) is 22.4 Å². The summed E-state index contributed by atoms with van der Waals surface area (Å²) in [5.41, 5.74) is 1.71. The minimum Gasteiger partial charge on any atom is -0.288 e. The molecule has 0 N–H and O–H groups in total. The molecule has 2 aromatic carbocycles. The summed E-state index contributed by atoms with van der Waals surface area (Å²) >= 11 is 3.24. The second kappa shape index (κ2) is 5.09. The molecule has 20 heavy (non-hydrogen) atoms. The van der Waals surface area contributed by atoms with Crippen LogP contribution in [0.3, 0.4) is 0 Å². The van der Waals surface area contributed by atoms with E-state index in [1.54, 1.807) is 36.7 Å². The van der Waals surface area contributed by atoms with Crippen molar-refractivity contribution in [2.45, 2.75) is 0 Å².